The summed E-state index contributed by atoms with van der Waals surface area (Å²) in [6, 6.07) is 1.76. The normalized spacial score (nSPS) is 10.4. The van der Waals surface area contributed by atoms with Gasteiger partial charge >= 0.3 is 5.76 Å². The van der Waals surface area contributed by atoms with Crippen LogP contribution < -0.4 is 5.76 Å². The van der Waals surface area contributed by atoms with Gasteiger partial charge in [0.1, 0.15) is 6.33 Å². The maximum absolute atomic E-state index is 10.9. The predicted molar refractivity (Wildman–Crippen MR) is 46.6 cm³/mol. The Morgan fingerprint density at radius 2 is 2.43 bits per heavy atom. The lowest BCUT2D eigenvalue weighted by atomic mass is 10.3. The third-order valence-corrected chi connectivity index (χ3v) is 1.87. The van der Waals surface area contributed by atoms with E-state index in [1.165, 1.54) is 10.9 Å². The Hall–Kier alpha value is -1.98. The van der Waals surface area contributed by atoms with Crippen LogP contribution in [0.1, 0.15) is 11.5 Å². The molecule has 0 saturated heterocycles. The van der Waals surface area contributed by atoms with Crippen molar-refractivity contribution in [2.24, 2.45) is 7.05 Å². The molecule has 0 amide bonds. The van der Waals surface area contributed by atoms with Gasteiger partial charge in [-0.1, -0.05) is 5.16 Å². The van der Waals surface area contributed by atoms with Crippen LogP contribution in [0, 0.1) is 0 Å². The molecule has 72 valence electrons. The van der Waals surface area contributed by atoms with Crippen LogP contribution in [0.15, 0.2) is 27.9 Å². The number of rotatable bonds is 2. The summed E-state index contributed by atoms with van der Waals surface area (Å²) >= 11 is 0. The standard InChI is InChI=1S/C8H8N4O2/c1-12-7(11-14-8(12)13)4-6-2-3-9-5-10-6/h2-3,5H,4H2,1H3. The van der Waals surface area contributed by atoms with Gasteiger partial charge in [-0.05, 0) is 6.07 Å². The van der Waals surface area contributed by atoms with Crippen molar-refractivity contribution in [3.63, 3.8) is 0 Å². The number of aromatic nitrogens is 4. The Morgan fingerprint density at radius 1 is 1.57 bits per heavy atom. The first-order valence-corrected chi connectivity index (χ1v) is 4.04. The maximum Gasteiger partial charge on any atom is 0.441 e. The molecule has 0 N–H and O–H groups in total. The van der Waals surface area contributed by atoms with Gasteiger partial charge in [0.2, 0.25) is 0 Å². The molecule has 6 heteroatoms. The fraction of sp³-hybridized carbons (Fsp3) is 0.250. The summed E-state index contributed by atoms with van der Waals surface area (Å²) in [7, 11) is 1.61. The molecule has 0 atom stereocenters. The highest BCUT2D eigenvalue weighted by Crippen LogP contribution is 2.00. The van der Waals surface area contributed by atoms with Gasteiger partial charge in [-0.15, -0.1) is 0 Å². The molecular formula is C8H8N4O2. The minimum absolute atomic E-state index is 0.463. The smallest absolute Gasteiger partial charge is 0.296 e. The summed E-state index contributed by atoms with van der Waals surface area (Å²) < 4.78 is 5.83. The number of hydrogen-bond acceptors (Lipinski definition) is 5. The van der Waals surface area contributed by atoms with E-state index in [9.17, 15) is 4.79 Å². The Balaban J connectivity index is 2.28. The number of hydrogen-bond donors (Lipinski definition) is 0. The van der Waals surface area contributed by atoms with Crippen LogP contribution in [0.2, 0.25) is 0 Å². The first kappa shape index (κ1) is 8.61. The first-order valence-electron chi connectivity index (χ1n) is 4.04. The second-order valence-corrected chi connectivity index (χ2v) is 2.80. The molecule has 0 aliphatic rings. The maximum atomic E-state index is 10.9. The van der Waals surface area contributed by atoms with Crippen LogP contribution in [0.3, 0.4) is 0 Å². The molecule has 14 heavy (non-hydrogen) atoms. The highest BCUT2D eigenvalue weighted by Gasteiger charge is 2.07. The van der Waals surface area contributed by atoms with Crippen LogP contribution in [0.5, 0.6) is 0 Å². The lowest BCUT2D eigenvalue weighted by molar-refractivity contribution is 0.376. The zero-order valence-electron chi connectivity index (χ0n) is 7.54. The summed E-state index contributed by atoms with van der Waals surface area (Å²) in [5, 5.41) is 3.63. The molecule has 0 unspecified atom stereocenters. The molecule has 0 bridgehead atoms. The second kappa shape index (κ2) is 3.41. The monoisotopic (exact) mass is 192 g/mol. The lowest BCUT2D eigenvalue weighted by Gasteiger charge is -1.96. The van der Waals surface area contributed by atoms with E-state index in [1.54, 1.807) is 19.3 Å². The van der Waals surface area contributed by atoms with E-state index in [0.717, 1.165) is 5.69 Å². The zero-order chi connectivity index (χ0) is 9.97. The van der Waals surface area contributed by atoms with Crippen molar-refractivity contribution >= 4 is 0 Å². The predicted octanol–water partition coefficient (Wildman–Crippen LogP) is -0.246. The van der Waals surface area contributed by atoms with Crippen molar-refractivity contribution in [2.75, 3.05) is 0 Å². The minimum atomic E-state index is -0.464. The third kappa shape index (κ3) is 1.54. The molecule has 2 aromatic rings. The van der Waals surface area contributed by atoms with Crippen molar-refractivity contribution in [3.8, 4) is 0 Å². The summed E-state index contributed by atoms with van der Waals surface area (Å²) in [5.74, 6) is 0.0859. The molecule has 0 aromatic carbocycles. The highest BCUT2D eigenvalue weighted by molar-refractivity contribution is 5.05. The zero-order valence-corrected chi connectivity index (χ0v) is 7.54. The Morgan fingerprint density at radius 3 is 3.00 bits per heavy atom. The summed E-state index contributed by atoms with van der Waals surface area (Å²) in [5.41, 5.74) is 0.795. The van der Waals surface area contributed by atoms with Gasteiger partial charge in [-0.3, -0.25) is 9.09 Å². The quantitative estimate of drug-likeness (QED) is 0.656. The molecular weight excluding hydrogens is 184 g/mol. The average Bonchev–Trinajstić information content (AvgIpc) is 2.52. The van der Waals surface area contributed by atoms with Crippen molar-refractivity contribution < 1.29 is 4.52 Å². The van der Waals surface area contributed by atoms with E-state index in [-0.39, 0.29) is 0 Å². The summed E-state index contributed by atoms with van der Waals surface area (Å²) in [4.78, 5) is 18.7. The van der Waals surface area contributed by atoms with Crippen molar-refractivity contribution in [1.29, 1.82) is 0 Å². The molecule has 2 rings (SSSR count). The molecule has 2 aromatic heterocycles. The molecule has 0 aliphatic carbocycles. The van der Waals surface area contributed by atoms with Gasteiger partial charge in [0.05, 0.1) is 12.1 Å². The minimum Gasteiger partial charge on any atom is -0.296 e. The Labute approximate surface area is 79.2 Å². The van der Waals surface area contributed by atoms with Gasteiger partial charge < -0.3 is 0 Å². The van der Waals surface area contributed by atoms with E-state index in [1.807, 2.05) is 0 Å². The third-order valence-electron chi connectivity index (χ3n) is 1.87. The van der Waals surface area contributed by atoms with Gasteiger partial charge in [-0.2, -0.15) is 0 Å². The Kier molecular flexibility index (Phi) is 2.10. The fourth-order valence-electron chi connectivity index (χ4n) is 1.06. The lowest BCUT2D eigenvalue weighted by Crippen LogP contribution is -2.12. The highest BCUT2D eigenvalue weighted by atomic mass is 16.5. The van der Waals surface area contributed by atoms with E-state index in [0.29, 0.717) is 12.2 Å². The molecule has 0 spiro atoms. The molecule has 0 fully saturated rings. The largest absolute Gasteiger partial charge is 0.441 e. The van der Waals surface area contributed by atoms with Crippen LogP contribution in [0.25, 0.3) is 0 Å². The van der Waals surface area contributed by atoms with Crippen LogP contribution >= 0.6 is 0 Å². The summed E-state index contributed by atoms with van der Waals surface area (Å²) in [6.07, 6.45) is 3.55. The molecule has 2 heterocycles. The van der Waals surface area contributed by atoms with E-state index < -0.39 is 5.76 Å². The van der Waals surface area contributed by atoms with Crippen molar-refractivity contribution in [3.05, 3.63) is 40.7 Å². The van der Waals surface area contributed by atoms with Gasteiger partial charge in [0.15, 0.2) is 5.82 Å². The van der Waals surface area contributed by atoms with Gasteiger partial charge in [0.25, 0.3) is 0 Å². The SMILES string of the molecule is Cn1c(Cc2ccncn2)noc1=O. The van der Waals surface area contributed by atoms with Gasteiger partial charge in [-0.25, -0.2) is 14.8 Å². The van der Waals surface area contributed by atoms with Crippen molar-refractivity contribution in [2.45, 2.75) is 6.42 Å². The summed E-state index contributed by atoms with van der Waals surface area (Å²) in [6.45, 7) is 0. The van der Waals surface area contributed by atoms with Crippen molar-refractivity contribution in [1.82, 2.24) is 19.7 Å². The number of nitrogens with zero attached hydrogens (tertiary/aromatic N) is 4. The average molecular weight is 192 g/mol. The molecule has 6 nitrogen and oxygen atoms in total. The fourth-order valence-corrected chi connectivity index (χ4v) is 1.06. The van der Waals surface area contributed by atoms with E-state index in [4.69, 9.17) is 0 Å². The van der Waals surface area contributed by atoms with E-state index >= 15 is 0 Å². The topological polar surface area (TPSA) is 73.8 Å². The van der Waals surface area contributed by atoms with Crippen LogP contribution in [-0.4, -0.2) is 19.7 Å². The first-order chi connectivity index (χ1) is 6.77. The van der Waals surface area contributed by atoms with Crippen LogP contribution in [0.4, 0.5) is 0 Å². The second-order valence-electron chi connectivity index (χ2n) is 2.80. The molecule has 0 saturated carbocycles. The Bertz CT molecular complexity index is 474. The van der Waals surface area contributed by atoms with Gasteiger partial charge in [0, 0.05) is 13.2 Å². The van der Waals surface area contributed by atoms with Crippen LogP contribution in [-0.2, 0) is 13.5 Å². The molecule has 0 aliphatic heterocycles. The van der Waals surface area contributed by atoms with E-state index in [2.05, 4.69) is 19.6 Å². The molecule has 0 radical (unpaired) electrons.